The molecule has 1 saturated carbocycles. The van der Waals surface area contributed by atoms with Crippen LogP contribution in [0.1, 0.15) is 37.5 Å². The van der Waals surface area contributed by atoms with E-state index < -0.39 is 0 Å². The molecule has 6 heteroatoms. The Kier molecular flexibility index (Phi) is 3.79. The van der Waals surface area contributed by atoms with Crippen molar-refractivity contribution in [3.05, 3.63) is 24.1 Å². The fraction of sp³-hybridized carbons (Fsp3) is 0.529. The number of carbonyl (C=O) groups is 1. The largest absolute Gasteiger partial charge is 0.440 e. The van der Waals surface area contributed by atoms with Crippen molar-refractivity contribution in [2.24, 2.45) is 0 Å². The molecule has 4 rings (SSSR count). The predicted octanol–water partition coefficient (Wildman–Crippen LogP) is 2.10. The van der Waals surface area contributed by atoms with Crippen molar-refractivity contribution in [3.8, 4) is 0 Å². The molecule has 2 N–H and O–H groups in total. The van der Waals surface area contributed by atoms with Gasteiger partial charge >= 0.3 is 0 Å². The number of aliphatic hydroxyl groups is 1. The number of oxazole rings is 1. The molecule has 23 heavy (non-hydrogen) atoms. The number of likely N-dealkylation sites (tertiary alicyclic amines) is 1. The van der Waals surface area contributed by atoms with Crippen molar-refractivity contribution in [2.45, 2.75) is 37.6 Å². The summed E-state index contributed by atoms with van der Waals surface area (Å²) in [6, 6.07) is 5.68. The first-order valence-electron chi connectivity index (χ1n) is 8.28. The van der Waals surface area contributed by atoms with Crippen molar-refractivity contribution in [1.82, 2.24) is 9.88 Å². The molecule has 2 aromatic rings. The number of nitrogens with zero attached hydrogens (tertiary/aromatic N) is 2. The van der Waals surface area contributed by atoms with Crippen LogP contribution in [-0.4, -0.2) is 46.6 Å². The van der Waals surface area contributed by atoms with Gasteiger partial charge in [0.2, 0.25) is 5.91 Å². The second-order valence-electron chi connectivity index (χ2n) is 6.51. The summed E-state index contributed by atoms with van der Waals surface area (Å²) < 4.78 is 5.78. The average Bonchev–Trinajstić information content (AvgIpc) is 3.15. The second-order valence-corrected chi connectivity index (χ2v) is 6.51. The third-order valence-corrected chi connectivity index (χ3v) is 4.67. The minimum atomic E-state index is -0.0633. The zero-order valence-electron chi connectivity index (χ0n) is 13.0. The van der Waals surface area contributed by atoms with E-state index in [-0.39, 0.29) is 18.6 Å². The molecule has 1 aromatic carbocycles. The molecule has 1 aliphatic heterocycles. The number of benzene rings is 1. The zero-order valence-corrected chi connectivity index (χ0v) is 13.0. The van der Waals surface area contributed by atoms with Gasteiger partial charge in [0.15, 0.2) is 11.5 Å². The van der Waals surface area contributed by atoms with Crippen LogP contribution in [0.2, 0.25) is 0 Å². The Morgan fingerprint density at radius 1 is 1.39 bits per heavy atom. The number of amides is 1. The van der Waals surface area contributed by atoms with Crippen molar-refractivity contribution >= 4 is 22.7 Å². The second kappa shape index (κ2) is 5.94. The SMILES string of the molecule is O=C(CN1CCC[C@H]1CO)Nc1ccc2nc(C3CC3)oc2c1. The Morgan fingerprint density at radius 2 is 2.26 bits per heavy atom. The normalized spacial score (nSPS) is 21.9. The molecule has 1 aromatic heterocycles. The molecule has 1 aliphatic carbocycles. The molecule has 0 bridgehead atoms. The maximum Gasteiger partial charge on any atom is 0.238 e. The van der Waals surface area contributed by atoms with Crippen LogP contribution in [0, 0.1) is 0 Å². The summed E-state index contributed by atoms with van der Waals surface area (Å²) in [6.07, 6.45) is 4.29. The zero-order chi connectivity index (χ0) is 15.8. The topological polar surface area (TPSA) is 78.6 Å². The van der Waals surface area contributed by atoms with Gasteiger partial charge in [0, 0.05) is 23.7 Å². The average molecular weight is 315 g/mol. The minimum Gasteiger partial charge on any atom is -0.440 e. The van der Waals surface area contributed by atoms with Gasteiger partial charge in [-0.3, -0.25) is 9.69 Å². The Hall–Kier alpha value is -1.92. The number of hydrogen-bond donors (Lipinski definition) is 2. The molecular weight excluding hydrogens is 294 g/mol. The fourth-order valence-corrected chi connectivity index (χ4v) is 3.22. The van der Waals surface area contributed by atoms with Crippen LogP contribution in [0.3, 0.4) is 0 Å². The van der Waals surface area contributed by atoms with Gasteiger partial charge in [-0.25, -0.2) is 4.98 Å². The molecule has 2 fully saturated rings. The summed E-state index contributed by atoms with van der Waals surface area (Å²) >= 11 is 0. The van der Waals surface area contributed by atoms with E-state index in [1.54, 1.807) is 0 Å². The summed E-state index contributed by atoms with van der Waals surface area (Å²) in [7, 11) is 0. The number of aromatic nitrogens is 1. The highest BCUT2D eigenvalue weighted by Crippen LogP contribution is 2.40. The van der Waals surface area contributed by atoms with Crippen molar-refractivity contribution in [2.75, 3.05) is 25.0 Å². The molecule has 1 atom stereocenters. The third-order valence-electron chi connectivity index (χ3n) is 4.67. The molecule has 0 spiro atoms. The number of fused-ring (bicyclic) bond motifs is 1. The van der Waals surface area contributed by atoms with Gasteiger partial charge in [0.05, 0.1) is 13.2 Å². The van der Waals surface area contributed by atoms with Gasteiger partial charge in [-0.2, -0.15) is 0 Å². The lowest BCUT2D eigenvalue weighted by atomic mass is 10.2. The van der Waals surface area contributed by atoms with Crippen LogP contribution in [0.25, 0.3) is 11.1 Å². The first-order valence-corrected chi connectivity index (χ1v) is 8.28. The Balaban J connectivity index is 1.43. The lowest BCUT2D eigenvalue weighted by Crippen LogP contribution is -2.38. The number of aliphatic hydroxyl groups excluding tert-OH is 1. The van der Waals surface area contributed by atoms with Crippen molar-refractivity contribution < 1.29 is 14.3 Å². The van der Waals surface area contributed by atoms with E-state index in [1.165, 1.54) is 0 Å². The van der Waals surface area contributed by atoms with Gasteiger partial charge in [0.1, 0.15) is 5.52 Å². The molecule has 2 heterocycles. The van der Waals surface area contributed by atoms with Gasteiger partial charge < -0.3 is 14.8 Å². The van der Waals surface area contributed by atoms with Gasteiger partial charge in [-0.1, -0.05) is 0 Å². The van der Waals surface area contributed by atoms with Gasteiger partial charge in [-0.05, 0) is 44.4 Å². The number of anilines is 1. The van der Waals surface area contributed by atoms with Crippen LogP contribution in [0.4, 0.5) is 5.69 Å². The summed E-state index contributed by atoms with van der Waals surface area (Å²) in [4.78, 5) is 18.7. The van der Waals surface area contributed by atoms with Crippen LogP contribution >= 0.6 is 0 Å². The van der Waals surface area contributed by atoms with Crippen LogP contribution in [0.5, 0.6) is 0 Å². The molecule has 1 saturated heterocycles. The Labute approximate surface area is 134 Å². The Morgan fingerprint density at radius 3 is 3.04 bits per heavy atom. The van der Waals surface area contributed by atoms with Crippen LogP contribution in [-0.2, 0) is 4.79 Å². The fourth-order valence-electron chi connectivity index (χ4n) is 3.22. The van der Waals surface area contributed by atoms with Crippen molar-refractivity contribution in [1.29, 1.82) is 0 Å². The molecule has 6 nitrogen and oxygen atoms in total. The lowest BCUT2D eigenvalue weighted by Gasteiger charge is -2.21. The van der Waals surface area contributed by atoms with Crippen molar-refractivity contribution in [3.63, 3.8) is 0 Å². The van der Waals surface area contributed by atoms with Crippen LogP contribution < -0.4 is 5.32 Å². The highest BCUT2D eigenvalue weighted by Gasteiger charge is 2.29. The lowest BCUT2D eigenvalue weighted by molar-refractivity contribution is -0.117. The van der Waals surface area contributed by atoms with E-state index in [1.807, 2.05) is 23.1 Å². The first kappa shape index (κ1) is 14.7. The molecule has 0 unspecified atom stereocenters. The summed E-state index contributed by atoms with van der Waals surface area (Å²) in [5, 5.41) is 12.2. The standard InChI is InChI=1S/C17H21N3O3/c21-10-13-2-1-7-20(13)9-16(22)18-12-5-6-14-15(8-12)23-17(19-14)11-3-4-11/h5-6,8,11,13,21H,1-4,7,9-10H2,(H,18,22)/t13-/m0/s1. The molecular formula is C17H21N3O3. The summed E-state index contributed by atoms with van der Waals surface area (Å²) in [5.41, 5.74) is 2.28. The first-order chi connectivity index (χ1) is 11.2. The van der Waals surface area contributed by atoms with E-state index in [0.717, 1.165) is 54.9 Å². The highest BCUT2D eigenvalue weighted by atomic mass is 16.3. The smallest absolute Gasteiger partial charge is 0.238 e. The van der Waals surface area contributed by atoms with E-state index in [4.69, 9.17) is 4.42 Å². The highest BCUT2D eigenvalue weighted by molar-refractivity contribution is 5.94. The Bertz CT molecular complexity index is 723. The maximum absolute atomic E-state index is 12.2. The molecule has 0 radical (unpaired) electrons. The number of rotatable bonds is 5. The quantitative estimate of drug-likeness (QED) is 0.883. The molecule has 1 amide bonds. The number of hydrogen-bond acceptors (Lipinski definition) is 5. The predicted molar refractivity (Wildman–Crippen MR) is 86.3 cm³/mol. The van der Waals surface area contributed by atoms with E-state index in [9.17, 15) is 9.90 Å². The molecule has 122 valence electrons. The van der Waals surface area contributed by atoms with E-state index in [2.05, 4.69) is 10.3 Å². The minimum absolute atomic E-state index is 0.0633. The van der Waals surface area contributed by atoms with Gasteiger partial charge in [-0.15, -0.1) is 0 Å². The summed E-state index contributed by atoms with van der Waals surface area (Å²) in [5.74, 6) is 1.23. The van der Waals surface area contributed by atoms with E-state index in [0.29, 0.717) is 12.5 Å². The number of nitrogens with one attached hydrogen (secondary N) is 1. The molecule has 2 aliphatic rings. The maximum atomic E-state index is 12.2. The summed E-state index contributed by atoms with van der Waals surface area (Å²) in [6.45, 7) is 1.29. The van der Waals surface area contributed by atoms with Crippen LogP contribution in [0.15, 0.2) is 22.6 Å². The van der Waals surface area contributed by atoms with Gasteiger partial charge in [0.25, 0.3) is 0 Å². The monoisotopic (exact) mass is 315 g/mol. The van der Waals surface area contributed by atoms with E-state index >= 15 is 0 Å². The number of carbonyl (C=O) groups excluding carboxylic acids is 1. The third kappa shape index (κ3) is 3.09.